The lowest BCUT2D eigenvalue weighted by atomic mass is 9.83. The van der Waals surface area contributed by atoms with E-state index in [0.29, 0.717) is 44.6 Å². The van der Waals surface area contributed by atoms with Crippen LogP contribution >= 0.6 is 0 Å². The molecule has 1 aliphatic carbocycles. The first-order valence-electron chi connectivity index (χ1n) is 13.9. The molecule has 16 heteroatoms. The van der Waals surface area contributed by atoms with E-state index in [2.05, 4.69) is 4.72 Å². The second-order valence-corrected chi connectivity index (χ2v) is 16.9. The van der Waals surface area contributed by atoms with Crippen LogP contribution in [-0.4, -0.2) is 69.8 Å². The van der Waals surface area contributed by atoms with Gasteiger partial charge in [-0.1, -0.05) is 17.7 Å². The summed E-state index contributed by atoms with van der Waals surface area (Å²) in [4.78, 5) is -0.0666. The van der Waals surface area contributed by atoms with Crippen molar-refractivity contribution in [2.75, 3.05) is 12.3 Å². The first-order chi connectivity index (χ1) is 20.0. The van der Waals surface area contributed by atoms with Gasteiger partial charge in [-0.25, -0.2) is 34.7 Å². The normalized spacial score (nSPS) is 23.4. The highest BCUT2D eigenvalue weighted by Gasteiger charge is 2.47. The summed E-state index contributed by atoms with van der Waals surface area (Å²) in [7, 11) is -11.1. The molecule has 2 aliphatic heterocycles. The van der Waals surface area contributed by atoms with Gasteiger partial charge in [-0.05, 0) is 81.5 Å². The van der Waals surface area contributed by atoms with Gasteiger partial charge in [-0.2, -0.15) is 12.7 Å². The van der Waals surface area contributed by atoms with Crippen LogP contribution in [0.3, 0.4) is 0 Å². The van der Waals surface area contributed by atoms with E-state index in [1.807, 2.05) is 6.92 Å². The van der Waals surface area contributed by atoms with Crippen molar-refractivity contribution in [3.8, 4) is 0 Å². The minimum Gasteiger partial charge on any atom is -0.327 e. The highest BCUT2D eigenvalue weighted by Crippen LogP contribution is 2.42. The summed E-state index contributed by atoms with van der Waals surface area (Å²) >= 11 is 0. The van der Waals surface area contributed by atoms with Crippen LogP contribution in [0.15, 0.2) is 41.3 Å². The number of rotatable bonds is 10. The molecule has 0 radical (unpaired) electrons. The van der Waals surface area contributed by atoms with Gasteiger partial charge in [0.25, 0.3) is 10.1 Å². The number of nitrogens with one attached hydrogen (secondary N) is 1. The Balaban J connectivity index is 0.000000324. The van der Waals surface area contributed by atoms with Gasteiger partial charge in [0, 0.05) is 30.7 Å². The zero-order chi connectivity index (χ0) is 31.7. The highest BCUT2D eigenvalue weighted by molar-refractivity contribution is 7.90. The lowest BCUT2D eigenvalue weighted by Gasteiger charge is -2.40. The molecule has 43 heavy (non-hydrogen) atoms. The molecular formula is C27H36F3N3O7S3. The maximum Gasteiger partial charge on any atom is 0.294 e. The molecule has 5 rings (SSSR count). The van der Waals surface area contributed by atoms with E-state index in [1.165, 1.54) is 16.4 Å². The molecule has 2 heterocycles. The molecule has 2 unspecified atom stereocenters. The summed E-state index contributed by atoms with van der Waals surface area (Å²) in [5, 5.41) is -0.405. The van der Waals surface area contributed by atoms with Gasteiger partial charge in [0.1, 0.15) is 5.82 Å². The topological polar surface area (TPSA) is 164 Å². The Kier molecular flexibility index (Phi) is 10.3. The summed E-state index contributed by atoms with van der Waals surface area (Å²) in [6.07, 6.45) is 3.60. The van der Waals surface area contributed by atoms with Crippen molar-refractivity contribution in [3.05, 3.63) is 65.0 Å². The van der Waals surface area contributed by atoms with Gasteiger partial charge in [0.05, 0.1) is 15.9 Å². The third-order valence-corrected chi connectivity index (χ3v) is 12.9. The van der Waals surface area contributed by atoms with E-state index in [9.17, 15) is 38.4 Å². The van der Waals surface area contributed by atoms with Crippen molar-refractivity contribution in [1.82, 2.24) is 9.03 Å². The zero-order valence-electron chi connectivity index (χ0n) is 23.5. The fourth-order valence-electron chi connectivity index (χ4n) is 5.75. The van der Waals surface area contributed by atoms with Crippen LogP contribution in [0.5, 0.6) is 0 Å². The van der Waals surface area contributed by atoms with Gasteiger partial charge in [0.15, 0.2) is 11.6 Å². The second kappa shape index (κ2) is 13.1. The quantitative estimate of drug-likeness (QED) is 0.257. The Hall–Kier alpha value is -2.08. The molecule has 0 amide bonds. The van der Waals surface area contributed by atoms with Crippen LogP contribution in [0.25, 0.3) is 0 Å². The van der Waals surface area contributed by atoms with E-state index in [4.69, 9.17) is 10.3 Å². The molecule has 3 atom stereocenters. The van der Waals surface area contributed by atoms with E-state index < -0.39 is 58.9 Å². The molecule has 3 fully saturated rings. The molecule has 3 aliphatic rings. The predicted octanol–water partition coefficient (Wildman–Crippen LogP) is 2.87. The lowest BCUT2D eigenvalue weighted by molar-refractivity contribution is 0.170. The third kappa shape index (κ3) is 8.55. The zero-order valence-corrected chi connectivity index (χ0v) is 25.9. The van der Waals surface area contributed by atoms with E-state index in [1.54, 1.807) is 12.1 Å². The number of benzene rings is 2. The summed E-state index contributed by atoms with van der Waals surface area (Å²) in [6.45, 7) is 1.68. The van der Waals surface area contributed by atoms with Gasteiger partial charge in [-0.15, -0.1) is 0 Å². The van der Waals surface area contributed by atoms with Crippen LogP contribution in [0, 0.1) is 30.3 Å². The molecule has 4 N–H and O–H groups in total. The average molecular weight is 668 g/mol. The molecule has 2 aromatic carbocycles. The van der Waals surface area contributed by atoms with Crippen LogP contribution in [0.2, 0.25) is 0 Å². The van der Waals surface area contributed by atoms with Crippen LogP contribution in [0.1, 0.15) is 49.7 Å². The van der Waals surface area contributed by atoms with Gasteiger partial charge < -0.3 is 5.73 Å². The Bertz CT molecular complexity index is 1620. The predicted molar refractivity (Wildman–Crippen MR) is 154 cm³/mol. The minimum absolute atomic E-state index is 0.00162. The number of hydrogen-bond donors (Lipinski definition) is 3. The monoisotopic (exact) mass is 667 g/mol. The van der Waals surface area contributed by atoms with Gasteiger partial charge >= 0.3 is 0 Å². The maximum absolute atomic E-state index is 14.0. The Morgan fingerprint density at radius 3 is 2.00 bits per heavy atom. The van der Waals surface area contributed by atoms with Gasteiger partial charge in [0.2, 0.25) is 20.0 Å². The molecule has 2 saturated heterocycles. The fraction of sp³-hybridized carbons (Fsp3) is 0.556. The van der Waals surface area contributed by atoms with Crippen LogP contribution in [-0.2, 0) is 36.6 Å². The SMILES string of the molecule is Cc1ccc(S(=O)(=O)O)cc1.N[C@H](Cc1cc(F)c(F)cc1F)C1CC2CCC(C1)N2S(=O)(=O)CCNS(=O)(=O)C1CC1. The average Bonchev–Trinajstić information content (AvgIpc) is 3.73. The number of sulfonamides is 2. The van der Waals surface area contributed by atoms with Crippen molar-refractivity contribution in [1.29, 1.82) is 0 Å². The molecule has 2 aromatic rings. The fourth-order valence-corrected chi connectivity index (χ4v) is 9.60. The first-order valence-corrected chi connectivity index (χ1v) is 18.5. The first kappa shape index (κ1) is 33.8. The Morgan fingerprint density at radius 2 is 1.47 bits per heavy atom. The van der Waals surface area contributed by atoms with Crippen molar-refractivity contribution in [2.45, 2.75) is 80.1 Å². The standard InChI is InChI=1S/C20H28F3N3O4S2.C7H8O3S/c21-17-11-19(23)18(22)9-12(17)10-20(24)13-7-14-1-2-15(8-13)26(14)31(27,28)6-5-25-32(29,30)16-3-4-16;1-6-2-4-7(5-3-6)11(8,9)10/h9,11,13-16,20,25H,1-8,10,24H2;2-5H,1H3,(H,8,9,10)/t13?,14?,15?,20-;/m1./s1. The number of hydrogen-bond acceptors (Lipinski definition) is 7. The van der Waals surface area contributed by atoms with Crippen LogP contribution < -0.4 is 10.5 Å². The molecule has 2 bridgehead atoms. The molecule has 0 spiro atoms. The smallest absolute Gasteiger partial charge is 0.294 e. The van der Waals surface area contributed by atoms with E-state index in [-0.39, 0.29) is 47.2 Å². The van der Waals surface area contributed by atoms with Crippen molar-refractivity contribution >= 4 is 30.2 Å². The summed E-state index contributed by atoms with van der Waals surface area (Å²) in [5.41, 5.74) is 7.24. The van der Waals surface area contributed by atoms with Crippen molar-refractivity contribution < 1.29 is 43.0 Å². The molecule has 240 valence electrons. The minimum atomic E-state index is -4.02. The number of nitrogens with two attached hydrogens (primary N) is 1. The number of nitrogens with zero attached hydrogens (tertiary/aromatic N) is 1. The lowest BCUT2D eigenvalue weighted by Crippen LogP contribution is -2.51. The van der Waals surface area contributed by atoms with Crippen molar-refractivity contribution in [3.63, 3.8) is 0 Å². The Labute approximate surface area is 250 Å². The number of halogens is 3. The summed E-state index contributed by atoms with van der Waals surface area (Å²) < 4.78 is 124. The Morgan fingerprint density at radius 1 is 0.907 bits per heavy atom. The largest absolute Gasteiger partial charge is 0.327 e. The number of piperidine rings is 1. The second-order valence-electron chi connectivity index (χ2n) is 11.4. The molecule has 10 nitrogen and oxygen atoms in total. The van der Waals surface area contributed by atoms with Crippen LogP contribution in [0.4, 0.5) is 13.2 Å². The maximum atomic E-state index is 14.0. The van der Waals surface area contributed by atoms with Crippen molar-refractivity contribution in [2.24, 2.45) is 11.7 Å². The van der Waals surface area contributed by atoms with E-state index in [0.717, 1.165) is 11.6 Å². The number of aryl methyl sites for hydroxylation is 1. The molecular weight excluding hydrogens is 632 g/mol. The van der Waals surface area contributed by atoms with Gasteiger partial charge in [-0.3, -0.25) is 4.55 Å². The summed E-state index contributed by atoms with van der Waals surface area (Å²) in [5.74, 6) is -3.62. The highest BCUT2D eigenvalue weighted by atomic mass is 32.2. The molecule has 1 saturated carbocycles. The third-order valence-electron chi connectivity index (χ3n) is 8.12. The molecule has 0 aromatic heterocycles. The number of fused-ring (bicyclic) bond motifs is 2. The summed E-state index contributed by atoms with van der Waals surface area (Å²) in [6, 6.07) is 6.30. The van der Waals surface area contributed by atoms with E-state index >= 15 is 0 Å².